The second-order valence-corrected chi connectivity index (χ2v) is 4.82. The lowest BCUT2D eigenvalue weighted by molar-refractivity contribution is 0.437. The fourth-order valence-electron chi connectivity index (χ4n) is 1.30. The van der Waals surface area contributed by atoms with Crippen molar-refractivity contribution in [1.29, 1.82) is 0 Å². The Morgan fingerprint density at radius 3 is 2.67 bits per heavy atom. The van der Waals surface area contributed by atoms with Gasteiger partial charge in [-0.15, -0.1) is 0 Å². The molecule has 0 fully saturated rings. The molecule has 0 bridgehead atoms. The van der Waals surface area contributed by atoms with Crippen molar-refractivity contribution in [2.75, 3.05) is 5.75 Å². The number of nitrogens with one attached hydrogen (secondary N) is 1. The molecule has 0 atom stereocenters. The first-order valence-corrected chi connectivity index (χ1v) is 6.11. The molecule has 0 spiro atoms. The van der Waals surface area contributed by atoms with Gasteiger partial charge in [-0.2, -0.15) is 16.7 Å². The van der Waals surface area contributed by atoms with E-state index in [1.807, 2.05) is 20.8 Å². The van der Waals surface area contributed by atoms with Crippen LogP contribution in [0.5, 0.6) is 5.88 Å². The van der Waals surface area contributed by atoms with Crippen LogP contribution in [-0.2, 0) is 5.75 Å². The fourth-order valence-corrected chi connectivity index (χ4v) is 1.84. The second kappa shape index (κ2) is 5.21. The van der Waals surface area contributed by atoms with Gasteiger partial charge in [-0.25, -0.2) is 0 Å². The molecule has 0 aliphatic carbocycles. The summed E-state index contributed by atoms with van der Waals surface area (Å²) in [5.74, 6) is 1.96. The van der Waals surface area contributed by atoms with Crippen molar-refractivity contribution >= 4 is 11.8 Å². The summed E-state index contributed by atoms with van der Waals surface area (Å²) in [6.07, 6.45) is 0. The van der Waals surface area contributed by atoms with Gasteiger partial charge in [0.25, 0.3) is 5.56 Å². The highest BCUT2D eigenvalue weighted by Crippen LogP contribution is 2.19. The zero-order valence-corrected chi connectivity index (χ0v) is 10.0. The van der Waals surface area contributed by atoms with Gasteiger partial charge in [0.15, 0.2) is 0 Å². The molecule has 0 amide bonds. The Balaban J connectivity index is 3.03. The van der Waals surface area contributed by atoms with Gasteiger partial charge in [0.1, 0.15) is 5.82 Å². The topological polar surface area (TPSA) is 66.0 Å². The molecule has 0 aliphatic rings. The average Bonchev–Trinajstić information content (AvgIpc) is 2.12. The van der Waals surface area contributed by atoms with Gasteiger partial charge in [0.2, 0.25) is 5.88 Å². The zero-order chi connectivity index (χ0) is 11.4. The quantitative estimate of drug-likeness (QED) is 0.825. The summed E-state index contributed by atoms with van der Waals surface area (Å²) in [6.45, 7) is 5.74. The molecule has 5 heteroatoms. The summed E-state index contributed by atoms with van der Waals surface area (Å²) in [5, 5.41) is 9.60. The van der Waals surface area contributed by atoms with Crippen LogP contribution < -0.4 is 5.56 Å². The maximum absolute atomic E-state index is 11.6. The minimum atomic E-state index is -0.232. The third kappa shape index (κ3) is 2.99. The van der Waals surface area contributed by atoms with Crippen LogP contribution in [0.1, 0.15) is 38.1 Å². The van der Waals surface area contributed by atoms with E-state index in [1.54, 1.807) is 11.8 Å². The maximum atomic E-state index is 11.6. The molecule has 0 saturated carbocycles. The summed E-state index contributed by atoms with van der Waals surface area (Å²) < 4.78 is 0. The highest BCUT2D eigenvalue weighted by Gasteiger charge is 2.13. The third-order valence-electron chi connectivity index (χ3n) is 2.00. The minimum Gasteiger partial charge on any atom is -0.493 e. The number of aromatic amines is 1. The van der Waals surface area contributed by atoms with E-state index < -0.39 is 0 Å². The SMILES string of the molecule is CCSCc1nc(O)c(C(C)C)c(=O)[nH]1. The van der Waals surface area contributed by atoms with Gasteiger partial charge < -0.3 is 10.1 Å². The number of aromatic hydroxyl groups is 1. The van der Waals surface area contributed by atoms with E-state index in [1.165, 1.54) is 0 Å². The van der Waals surface area contributed by atoms with E-state index in [4.69, 9.17) is 0 Å². The minimum absolute atomic E-state index is 0.0193. The Hall–Kier alpha value is -0.970. The zero-order valence-electron chi connectivity index (χ0n) is 9.20. The lowest BCUT2D eigenvalue weighted by atomic mass is 10.1. The number of thioether (sulfide) groups is 1. The molecule has 84 valence electrons. The summed E-state index contributed by atoms with van der Waals surface area (Å²) in [4.78, 5) is 18.3. The van der Waals surface area contributed by atoms with Crippen LogP contribution in [-0.4, -0.2) is 20.8 Å². The number of nitrogens with zero attached hydrogens (tertiary/aromatic N) is 1. The predicted octanol–water partition coefficient (Wildman–Crippen LogP) is 1.85. The van der Waals surface area contributed by atoms with Crippen LogP contribution in [0.15, 0.2) is 4.79 Å². The number of hydrogen-bond acceptors (Lipinski definition) is 4. The van der Waals surface area contributed by atoms with Gasteiger partial charge >= 0.3 is 0 Å². The van der Waals surface area contributed by atoms with Gasteiger partial charge in [0.05, 0.1) is 11.3 Å². The Labute approximate surface area is 93.1 Å². The van der Waals surface area contributed by atoms with E-state index in [9.17, 15) is 9.90 Å². The normalized spacial score (nSPS) is 10.9. The molecule has 0 aliphatic heterocycles. The molecule has 1 aromatic heterocycles. The number of H-pyrrole nitrogens is 1. The molecule has 2 N–H and O–H groups in total. The van der Waals surface area contributed by atoms with Crippen molar-refractivity contribution in [3.05, 3.63) is 21.7 Å². The Morgan fingerprint density at radius 1 is 1.53 bits per heavy atom. The average molecular weight is 228 g/mol. The standard InChI is InChI=1S/C10H16N2O2S/c1-4-15-5-7-11-9(13)8(6(2)3)10(14)12-7/h6H,4-5H2,1-3H3,(H2,11,12,13,14). The fraction of sp³-hybridized carbons (Fsp3) is 0.600. The highest BCUT2D eigenvalue weighted by atomic mass is 32.2. The van der Waals surface area contributed by atoms with Crippen molar-refractivity contribution in [1.82, 2.24) is 9.97 Å². The summed E-state index contributed by atoms with van der Waals surface area (Å²) in [5.41, 5.74) is 0.129. The van der Waals surface area contributed by atoms with E-state index in [-0.39, 0.29) is 17.4 Å². The van der Waals surface area contributed by atoms with Crippen LogP contribution in [0.25, 0.3) is 0 Å². The molecule has 0 unspecified atom stereocenters. The van der Waals surface area contributed by atoms with Gasteiger partial charge in [-0.1, -0.05) is 20.8 Å². The molecule has 1 heterocycles. The Kier molecular flexibility index (Phi) is 4.20. The van der Waals surface area contributed by atoms with Gasteiger partial charge in [-0.05, 0) is 11.7 Å². The van der Waals surface area contributed by atoms with Crippen molar-refractivity contribution in [2.45, 2.75) is 32.4 Å². The van der Waals surface area contributed by atoms with Crippen molar-refractivity contribution < 1.29 is 5.11 Å². The molecule has 0 saturated heterocycles. The first-order valence-electron chi connectivity index (χ1n) is 4.96. The molecule has 1 rings (SSSR count). The molecule has 4 nitrogen and oxygen atoms in total. The van der Waals surface area contributed by atoms with Crippen LogP contribution >= 0.6 is 11.8 Å². The Morgan fingerprint density at radius 2 is 2.20 bits per heavy atom. The lowest BCUT2D eigenvalue weighted by Gasteiger charge is -2.07. The molecule has 1 aromatic rings. The van der Waals surface area contributed by atoms with Crippen molar-refractivity contribution in [3.8, 4) is 5.88 Å². The molecule has 0 radical (unpaired) electrons. The smallest absolute Gasteiger partial charge is 0.258 e. The van der Waals surface area contributed by atoms with Crippen molar-refractivity contribution in [2.24, 2.45) is 0 Å². The molecular formula is C10H16N2O2S. The van der Waals surface area contributed by atoms with Crippen LogP contribution in [0.2, 0.25) is 0 Å². The molecular weight excluding hydrogens is 212 g/mol. The van der Waals surface area contributed by atoms with Crippen LogP contribution in [0.3, 0.4) is 0 Å². The molecule has 15 heavy (non-hydrogen) atoms. The van der Waals surface area contributed by atoms with E-state index in [2.05, 4.69) is 9.97 Å². The lowest BCUT2D eigenvalue weighted by Crippen LogP contribution is -2.17. The van der Waals surface area contributed by atoms with Gasteiger partial charge in [-0.3, -0.25) is 4.79 Å². The number of hydrogen-bond donors (Lipinski definition) is 2. The number of aromatic nitrogens is 2. The first kappa shape index (κ1) is 12.1. The number of rotatable bonds is 4. The van der Waals surface area contributed by atoms with Crippen LogP contribution in [0.4, 0.5) is 0 Å². The van der Waals surface area contributed by atoms with E-state index in [0.717, 1.165) is 5.75 Å². The Bertz CT molecular complexity index is 387. The van der Waals surface area contributed by atoms with E-state index >= 15 is 0 Å². The monoisotopic (exact) mass is 228 g/mol. The van der Waals surface area contributed by atoms with E-state index in [0.29, 0.717) is 17.1 Å². The van der Waals surface area contributed by atoms with Gasteiger partial charge in [0, 0.05) is 0 Å². The van der Waals surface area contributed by atoms with Crippen molar-refractivity contribution in [3.63, 3.8) is 0 Å². The summed E-state index contributed by atoms with van der Waals surface area (Å²) in [7, 11) is 0. The molecule has 0 aromatic carbocycles. The maximum Gasteiger partial charge on any atom is 0.258 e. The predicted molar refractivity (Wildman–Crippen MR) is 62.4 cm³/mol. The largest absolute Gasteiger partial charge is 0.493 e. The summed E-state index contributed by atoms with van der Waals surface area (Å²) in [6, 6.07) is 0. The van der Waals surface area contributed by atoms with Crippen LogP contribution in [0, 0.1) is 0 Å². The second-order valence-electron chi connectivity index (χ2n) is 3.54. The third-order valence-corrected chi connectivity index (χ3v) is 2.89. The highest BCUT2D eigenvalue weighted by molar-refractivity contribution is 7.98. The summed E-state index contributed by atoms with van der Waals surface area (Å²) >= 11 is 1.65. The first-order chi connectivity index (χ1) is 7.06.